The number of hydrogen-bond acceptors (Lipinski definition) is 9. The Balaban J connectivity index is 1.42. The molecule has 2 aromatic carbocycles. The van der Waals surface area contributed by atoms with E-state index < -0.39 is 22.0 Å². The molecule has 4 rings (SSSR count). The molecule has 3 aromatic rings. The van der Waals surface area contributed by atoms with Crippen molar-refractivity contribution in [3.63, 3.8) is 0 Å². The molecule has 0 radical (unpaired) electrons. The number of amidine groups is 1. The number of aliphatic imine (C=N–C) groups is 1. The van der Waals surface area contributed by atoms with Crippen LogP contribution in [-0.4, -0.2) is 45.5 Å². The van der Waals surface area contributed by atoms with Crippen molar-refractivity contribution >= 4 is 33.2 Å². The van der Waals surface area contributed by atoms with Crippen molar-refractivity contribution in [1.82, 2.24) is 9.71 Å². The number of esters is 1. The van der Waals surface area contributed by atoms with E-state index in [1.165, 1.54) is 17.4 Å². The summed E-state index contributed by atoms with van der Waals surface area (Å²) in [6, 6.07) is 11.0. The number of carbonyl (C=O) groups excluding carboxylic acids is 1. The number of methoxy groups -OCH3 is 2. The summed E-state index contributed by atoms with van der Waals surface area (Å²) in [6.07, 6.45) is 0. The van der Waals surface area contributed by atoms with E-state index in [1.807, 2.05) is 12.1 Å². The second-order valence-corrected chi connectivity index (χ2v) is 9.59. The molecule has 1 N–H and O–H groups in total. The molecular weight excluding hydrogens is 466 g/mol. The van der Waals surface area contributed by atoms with Gasteiger partial charge in [0.1, 0.15) is 23.5 Å². The van der Waals surface area contributed by atoms with Crippen molar-refractivity contribution in [2.45, 2.75) is 24.5 Å². The third-order valence-corrected chi connectivity index (χ3v) is 7.21. The number of sulfonamides is 1. The summed E-state index contributed by atoms with van der Waals surface area (Å²) in [4.78, 5) is 21.3. The molecular formula is C22H21N3O6S2. The molecule has 1 aliphatic rings. The van der Waals surface area contributed by atoms with Gasteiger partial charge in [-0.1, -0.05) is 12.1 Å². The molecule has 33 heavy (non-hydrogen) atoms. The molecule has 172 valence electrons. The zero-order valence-corrected chi connectivity index (χ0v) is 19.7. The maximum atomic E-state index is 12.4. The van der Waals surface area contributed by atoms with Crippen LogP contribution in [-0.2, 0) is 26.2 Å². The summed E-state index contributed by atoms with van der Waals surface area (Å²) >= 11 is 1.41. The number of rotatable bonds is 7. The van der Waals surface area contributed by atoms with Gasteiger partial charge in [-0.2, -0.15) is 0 Å². The van der Waals surface area contributed by atoms with Crippen LogP contribution in [0.5, 0.6) is 11.5 Å². The van der Waals surface area contributed by atoms with Gasteiger partial charge in [0, 0.05) is 16.5 Å². The number of carbonyl (C=O) groups is 1. The first-order valence-corrected chi connectivity index (χ1v) is 12.2. The summed E-state index contributed by atoms with van der Waals surface area (Å²) in [5.41, 5.74) is 1.86. The van der Waals surface area contributed by atoms with Crippen LogP contribution in [0, 0.1) is 0 Å². The molecule has 1 aromatic heterocycles. The number of nitrogens with one attached hydrogen (secondary N) is 1. The van der Waals surface area contributed by atoms with E-state index in [4.69, 9.17) is 14.2 Å². The van der Waals surface area contributed by atoms with E-state index in [2.05, 4.69) is 14.7 Å². The maximum Gasteiger partial charge on any atom is 0.331 e. The molecule has 11 heteroatoms. The average Bonchev–Trinajstić information content (AvgIpc) is 3.39. The molecule has 0 amide bonds. The molecule has 0 spiro atoms. The number of hydrogen-bond donors (Lipinski definition) is 1. The van der Waals surface area contributed by atoms with E-state index in [9.17, 15) is 13.2 Å². The first kappa shape index (κ1) is 22.7. The third-order valence-electron chi connectivity index (χ3n) is 4.87. The van der Waals surface area contributed by atoms with Gasteiger partial charge >= 0.3 is 5.97 Å². The zero-order chi connectivity index (χ0) is 23.6. The van der Waals surface area contributed by atoms with Gasteiger partial charge in [0.2, 0.25) is 0 Å². The van der Waals surface area contributed by atoms with Gasteiger partial charge in [-0.05, 0) is 37.3 Å². The number of aromatic nitrogens is 1. The second kappa shape index (κ2) is 9.20. The van der Waals surface area contributed by atoms with E-state index in [1.54, 1.807) is 50.8 Å². The average molecular weight is 488 g/mol. The quantitative estimate of drug-likeness (QED) is 0.509. The fraction of sp³-hybridized carbons (Fsp3) is 0.227. The van der Waals surface area contributed by atoms with Crippen LogP contribution in [0.1, 0.15) is 18.2 Å². The summed E-state index contributed by atoms with van der Waals surface area (Å²) in [5, 5.41) is 2.55. The summed E-state index contributed by atoms with van der Waals surface area (Å²) in [5.74, 6) is 0.746. The minimum absolute atomic E-state index is 0.0276. The molecule has 0 saturated carbocycles. The molecule has 0 bridgehead atoms. The number of benzene rings is 2. The summed E-state index contributed by atoms with van der Waals surface area (Å²) in [7, 11) is -0.540. The molecule has 1 atom stereocenters. The fourth-order valence-electron chi connectivity index (χ4n) is 3.22. The van der Waals surface area contributed by atoms with Crippen molar-refractivity contribution in [2.75, 3.05) is 14.2 Å². The van der Waals surface area contributed by atoms with Crippen molar-refractivity contribution in [3.8, 4) is 22.1 Å². The van der Waals surface area contributed by atoms with Crippen LogP contribution < -0.4 is 14.2 Å². The lowest BCUT2D eigenvalue weighted by Gasteiger charge is -2.08. The fourth-order valence-corrected chi connectivity index (χ4v) is 5.26. The Kier molecular flexibility index (Phi) is 6.34. The summed E-state index contributed by atoms with van der Waals surface area (Å²) in [6.45, 7) is 1.51. The topological polar surface area (TPSA) is 116 Å². The lowest BCUT2D eigenvalue weighted by atomic mass is 10.2. The minimum Gasteiger partial charge on any atom is -0.493 e. The molecule has 0 unspecified atom stereocenters. The zero-order valence-electron chi connectivity index (χ0n) is 18.1. The van der Waals surface area contributed by atoms with Gasteiger partial charge in [0.15, 0.2) is 11.5 Å². The van der Waals surface area contributed by atoms with Crippen molar-refractivity contribution < 1.29 is 27.4 Å². The molecule has 9 nitrogen and oxygen atoms in total. The Bertz CT molecular complexity index is 1330. The lowest BCUT2D eigenvalue weighted by Crippen LogP contribution is -2.26. The highest BCUT2D eigenvalue weighted by Crippen LogP contribution is 2.33. The van der Waals surface area contributed by atoms with Crippen molar-refractivity contribution in [1.29, 1.82) is 0 Å². The van der Waals surface area contributed by atoms with Gasteiger partial charge in [-0.15, -0.1) is 11.3 Å². The number of fused-ring (bicyclic) bond motifs is 1. The SMILES string of the molecule is COc1ccc(-c2nc(COC(=O)[C@H](C)N=C3NS(=O)(=O)c4ccccc43)cs2)cc1OC. The van der Waals surface area contributed by atoms with Crippen LogP contribution in [0.4, 0.5) is 0 Å². The van der Waals surface area contributed by atoms with Crippen LogP contribution in [0.15, 0.2) is 57.7 Å². The highest BCUT2D eigenvalue weighted by atomic mass is 32.2. The standard InChI is InChI=1S/C22H21N3O6S2/c1-13(23-20-16-6-4-5-7-19(16)33(27,28)25-20)22(26)31-11-15-12-32-21(24-15)14-8-9-17(29-2)18(10-14)30-3/h4-10,12-13H,11H2,1-3H3,(H,23,25)/t13-/m0/s1. The maximum absolute atomic E-state index is 12.4. The van der Waals surface area contributed by atoms with Gasteiger partial charge in [-0.25, -0.2) is 18.2 Å². The Hall–Kier alpha value is -3.44. The largest absolute Gasteiger partial charge is 0.493 e. The van der Waals surface area contributed by atoms with Crippen molar-refractivity contribution in [3.05, 3.63) is 59.1 Å². The molecule has 2 heterocycles. The van der Waals surface area contributed by atoms with Crippen LogP contribution in [0.25, 0.3) is 10.6 Å². The lowest BCUT2D eigenvalue weighted by molar-refractivity contribution is -0.146. The molecule has 1 aliphatic heterocycles. The Morgan fingerprint density at radius 2 is 1.91 bits per heavy atom. The van der Waals surface area contributed by atoms with E-state index >= 15 is 0 Å². The highest BCUT2D eigenvalue weighted by molar-refractivity contribution is 7.90. The van der Waals surface area contributed by atoms with Gasteiger partial charge < -0.3 is 14.2 Å². The second-order valence-electron chi connectivity index (χ2n) is 7.08. The molecule has 0 saturated heterocycles. The monoisotopic (exact) mass is 487 g/mol. The third kappa shape index (κ3) is 4.69. The molecule has 0 fully saturated rings. The van der Waals surface area contributed by atoms with Crippen LogP contribution in [0.3, 0.4) is 0 Å². The van der Waals surface area contributed by atoms with Crippen LogP contribution in [0.2, 0.25) is 0 Å². The normalized spacial score (nSPS) is 16.0. The van der Waals surface area contributed by atoms with E-state index in [0.29, 0.717) is 22.8 Å². The predicted octanol–water partition coefficient (Wildman–Crippen LogP) is 3.00. The van der Waals surface area contributed by atoms with Crippen molar-refractivity contribution in [2.24, 2.45) is 4.99 Å². The van der Waals surface area contributed by atoms with Gasteiger partial charge in [-0.3, -0.25) is 9.71 Å². The number of nitrogens with zero attached hydrogens (tertiary/aromatic N) is 2. The van der Waals surface area contributed by atoms with Gasteiger partial charge in [0.05, 0.1) is 24.8 Å². The highest BCUT2D eigenvalue weighted by Gasteiger charge is 2.31. The summed E-state index contributed by atoms with van der Waals surface area (Å²) < 4.78 is 42.7. The van der Waals surface area contributed by atoms with E-state index in [-0.39, 0.29) is 17.3 Å². The predicted molar refractivity (Wildman–Crippen MR) is 123 cm³/mol. The Morgan fingerprint density at radius 3 is 2.67 bits per heavy atom. The van der Waals surface area contributed by atoms with E-state index in [0.717, 1.165) is 10.6 Å². The first-order valence-electron chi connectivity index (χ1n) is 9.86. The smallest absolute Gasteiger partial charge is 0.331 e. The first-order chi connectivity index (χ1) is 15.8. The molecule has 0 aliphatic carbocycles. The number of ether oxygens (including phenoxy) is 3. The minimum atomic E-state index is -3.67. The Morgan fingerprint density at radius 1 is 1.15 bits per heavy atom. The van der Waals surface area contributed by atoms with Crippen LogP contribution >= 0.6 is 11.3 Å². The van der Waals surface area contributed by atoms with Gasteiger partial charge in [0.25, 0.3) is 10.0 Å². The Labute approximate surface area is 195 Å². The number of thiazole rings is 1.